The van der Waals surface area contributed by atoms with E-state index in [0.717, 1.165) is 31.4 Å². The number of rotatable bonds is 7. The molecule has 2 amide bonds. The van der Waals surface area contributed by atoms with E-state index in [1.165, 1.54) is 0 Å². The first-order chi connectivity index (χ1) is 9.20. The zero-order valence-corrected chi connectivity index (χ0v) is 12.1. The highest BCUT2D eigenvalue weighted by Gasteiger charge is 2.42. The fraction of sp³-hybridized carbons (Fsp3) is 0.846. The van der Waals surface area contributed by atoms with Crippen LogP contribution in [0.25, 0.3) is 0 Å². The number of unbranched alkanes of at least 4 members (excludes halogenated alkanes) is 1. The second-order valence-electron chi connectivity index (χ2n) is 5.09. The van der Waals surface area contributed by atoms with E-state index in [2.05, 4.69) is 10.6 Å². The van der Waals surface area contributed by atoms with Crippen molar-refractivity contribution in [2.45, 2.75) is 56.4 Å². The minimum Gasteiger partial charge on any atom is -0.466 e. The van der Waals surface area contributed by atoms with Gasteiger partial charge >= 0.3 is 12.0 Å². The highest BCUT2D eigenvalue weighted by Crippen LogP contribution is 2.33. The van der Waals surface area contributed by atoms with Crippen molar-refractivity contribution in [3.8, 4) is 0 Å². The van der Waals surface area contributed by atoms with E-state index >= 15 is 0 Å². The molecule has 5 nitrogen and oxygen atoms in total. The lowest BCUT2D eigenvalue weighted by atomic mass is 10.0. The lowest BCUT2D eigenvalue weighted by Gasteiger charge is -2.16. The van der Waals surface area contributed by atoms with Crippen molar-refractivity contribution in [1.29, 1.82) is 0 Å². The van der Waals surface area contributed by atoms with Gasteiger partial charge in [-0.05, 0) is 19.3 Å². The van der Waals surface area contributed by atoms with Crippen LogP contribution < -0.4 is 10.6 Å². The van der Waals surface area contributed by atoms with Crippen LogP contribution in [0.2, 0.25) is 0 Å². The van der Waals surface area contributed by atoms with Gasteiger partial charge in [-0.1, -0.05) is 13.3 Å². The van der Waals surface area contributed by atoms with Crippen LogP contribution in [0.15, 0.2) is 0 Å². The predicted molar refractivity (Wildman–Crippen MR) is 75.2 cm³/mol. The van der Waals surface area contributed by atoms with Crippen LogP contribution in [-0.2, 0) is 9.53 Å². The van der Waals surface area contributed by atoms with Gasteiger partial charge in [0.1, 0.15) is 0 Å². The van der Waals surface area contributed by atoms with Gasteiger partial charge < -0.3 is 15.4 Å². The zero-order chi connectivity index (χ0) is 13.7. The summed E-state index contributed by atoms with van der Waals surface area (Å²) in [6.45, 7) is 2.52. The van der Waals surface area contributed by atoms with E-state index in [1.807, 2.05) is 18.7 Å². The number of carbonyl (C=O) groups excluding carboxylic acids is 2. The van der Waals surface area contributed by atoms with Gasteiger partial charge in [0.2, 0.25) is 0 Å². The highest BCUT2D eigenvalue weighted by atomic mass is 32.2. The van der Waals surface area contributed by atoms with E-state index in [9.17, 15) is 9.59 Å². The largest absolute Gasteiger partial charge is 0.466 e. The Hall–Kier alpha value is -0.910. The van der Waals surface area contributed by atoms with Crippen molar-refractivity contribution < 1.29 is 14.3 Å². The fourth-order valence-corrected chi connectivity index (χ4v) is 4.09. The Morgan fingerprint density at radius 3 is 3.05 bits per heavy atom. The van der Waals surface area contributed by atoms with Crippen LogP contribution in [-0.4, -0.2) is 41.7 Å². The molecule has 2 heterocycles. The first-order valence-electron chi connectivity index (χ1n) is 7.05. The molecular formula is C13H22N2O3S. The Morgan fingerprint density at radius 1 is 1.42 bits per heavy atom. The molecule has 0 aromatic rings. The van der Waals surface area contributed by atoms with Gasteiger partial charge in [0.25, 0.3) is 0 Å². The summed E-state index contributed by atoms with van der Waals surface area (Å²) in [7, 11) is 0. The second kappa shape index (κ2) is 7.03. The molecule has 2 fully saturated rings. The molecule has 2 rings (SSSR count). The van der Waals surface area contributed by atoms with Crippen molar-refractivity contribution in [1.82, 2.24) is 10.6 Å². The lowest BCUT2D eigenvalue weighted by molar-refractivity contribution is -0.143. The van der Waals surface area contributed by atoms with Crippen LogP contribution in [0.1, 0.15) is 39.0 Å². The fourth-order valence-electron chi connectivity index (χ4n) is 2.55. The predicted octanol–water partition coefficient (Wildman–Crippen LogP) is 1.67. The number of fused-ring (bicyclic) bond motifs is 1. The van der Waals surface area contributed by atoms with Gasteiger partial charge in [-0.3, -0.25) is 4.79 Å². The molecule has 6 heteroatoms. The molecule has 19 heavy (non-hydrogen) atoms. The van der Waals surface area contributed by atoms with Crippen molar-refractivity contribution in [3.05, 3.63) is 0 Å². The van der Waals surface area contributed by atoms with Crippen molar-refractivity contribution in [2.75, 3.05) is 12.4 Å². The van der Waals surface area contributed by atoms with Gasteiger partial charge in [-0.2, -0.15) is 11.8 Å². The molecular weight excluding hydrogens is 264 g/mol. The number of amides is 2. The van der Waals surface area contributed by atoms with Gasteiger partial charge in [-0.25, -0.2) is 4.79 Å². The highest BCUT2D eigenvalue weighted by molar-refractivity contribution is 8.00. The number of urea groups is 1. The zero-order valence-electron chi connectivity index (χ0n) is 11.3. The van der Waals surface area contributed by atoms with E-state index < -0.39 is 0 Å². The van der Waals surface area contributed by atoms with Crippen molar-refractivity contribution in [3.63, 3.8) is 0 Å². The number of nitrogens with one attached hydrogen (secondary N) is 2. The van der Waals surface area contributed by atoms with Crippen molar-refractivity contribution in [2.24, 2.45) is 0 Å². The Bertz CT molecular complexity index is 338. The third kappa shape index (κ3) is 4.03. The van der Waals surface area contributed by atoms with E-state index in [0.29, 0.717) is 18.3 Å². The number of thioether (sulfide) groups is 1. The normalized spacial score (nSPS) is 28.7. The van der Waals surface area contributed by atoms with Gasteiger partial charge in [-0.15, -0.1) is 0 Å². The van der Waals surface area contributed by atoms with Gasteiger partial charge in [0.05, 0.1) is 18.7 Å². The number of hydrogen-bond acceptors (Lipinski definition) is 4. The topological polar surface area (TPSA) is 67.4 Å². The van der Waals surface area contributed by atoms with E-state index in [-0.39, 0.29) is 24.1 Å². The molecule has 0 saturated carbocycles. The average Bonchev–Trinajstić information content (AvgIpc) is 2.92. The SMILES string of the molecule is CCCOC(=O)CCCC[C@H]1SC[C@H]2NC(=O)N[C@@H]21. The summed E-state index contributed by atoms with van der Waals surface area (Å²) in [5.74, 6) is 0.904. The number of hydrogen-bond donors (Lipinski definition) is 2. The third-order valence-corrected chi connectivity index (χ3v) is 5.03. The second-order valence-corrected chi connectivity index (χ2v) is 6.36. The first kappa shape index (κ1) is 14.5. The minimum atomic E-state index is -0.0883. The monoisotopic (exact) mass is 286 g/mol. The first-order valence-corrected chi connectivity index (χ1v) is 8.10. The summed E-state index contributed by atoms with van der Waals surface area (Å²) in [5.41, 5.74) is 0. The smallest absolute Gasteiger partial charge is 0.315 e. The molecule has 2 aliphatic rings. The molecule has 2 N–H and O–H groups in total. The van der Waals surface area contributed by atoms with Crippen LogP contribution in [0.4, 0.5) is 4.79 Å². The molecule has 2 saturated heterocycles. The Morgan fingerprint density at radius 2 is 2.26 bits per heavy atom. The molecule has 2 aliphatic heterocycles. The summed E-state index contributed by atoms with van der Waals surface area (Å²) in [6.07, 6.45) is 4.32. The maximum atomic E-state index is 11.3. The quantitative estimate of drug-likeness (QED) is 0.424. The van der Waals surface area contributed by atoms with Gasteiger partial charge in [0, 0.05) is 17.4 Å². The van der Waals surface area contributed by atoms with E-state index in [4.69, 9.17) is 4.74 Å². The summed E-state index contributed by atoms with van der Waals surface area (Å²) >= 11 is 1.92. The molecule has 3 atom stereocenters. The van der Waals surface area contributed by atoms with Crippen LogP contribution in [0.3, 0.4) is 0 Å². The number of carbonyl (C=O) groups is 2. The Balaban J connectivity index is 1.59. The third-order valence-electron chi connectivity index (χ3n) is 3.52. The molecule has 0 aromatic heterocycles. The summed E-state index contributed by atoms with van der Waals surface area (Å²) in [6, 6.07) is 0.519. The molecule has 0 spiro atoms. The summed E-state index contributed by atoms with van der Waals surface area (Å²) in [5, 5.41) is 6.40. The molecule has 108 valence electrons. The minimum absolute atomic E-state index is 0.0385. The summed E-state index contributed by atoms with van der Waals surface area (Å²) < 4.78 is 5.04. The molecule has 0 aliphatic carbocycles. The number of esters is 1. The van der Waals surface area contributed by atoms with Crippen LogP contribution >= 0.6 is 11.8 Å². The van der Waals surface area contributed by atoms with E-state index in [1.54, 1.807) is 0 Å². The average molecular weight is 286 g/mol. The van der Waals surface area contributed by atoms with Crippen molar-refractivity contribution >= 4 is 23.8 Å². The molecule has 0 bridgehead atoms. The molecule has 0 aromatic carbocycles. The maximum Gasteiger partial charge on any atom is 0.315 e. The van der Waals surface area contributed by atoms with Crippen LogP contribution in [0.5, 0.6) is 0 Å². The van der Waals surface area contributed by atoms with Crippen LogP contribution in [0, 0.1) is 0 Å². The Kier molecular flexibility index (Phi) is 5.36. The molecule has 0 radical (unpaired) electrons. The maximum absolute atomic E-state index is 11.3. The Labute approximate surface area is 118 Å². The summed E-state index contributed by atoms with van der Waals surface area (Å²) in [4.78, 5) is 22.6. The standard InChI is InChI=1S/C13H22N2O3S/c1-2-7-18-11(16)6-4-3-5-10-12-9(8-19-10)14-13(17)15-12/h9-10,12H,2-8H2,1H3,(H2,14,15,17)/t9-,10-,12+/m1/s1. The number of ether oxygens (including phenoxy) is 1. The molecule has 0 unspecified atom stereocenters. The van der Waals surface area contributed by atoms with Gasteiger partial charge in [0.15, 0.2) is 0 Å². The lowest BCUT2D eigenvalue weighted by Crippen LogP contribution is -2.36.